The highest BCUT2D eigenvalue weighted by molar-refractivity contribution is 5.83. The summed E-state index contributed by atoms with van der Waals surface area (Å²) in [6.45, 7) is 7.38. The Morgan fingerprint density at radius 3 is 2.71 bits per heavy atom. The first-order chi connectivity index (χ1) is 9.78. The monoisotopic (exact) mass is 289 g/mol. The molecule has 1 aromatic carbocycles. The lowest BCUT2D eigenvalue weighted by atomic mass is 10.1. The molecule has 0 aliphatic carbocycles. The van der Waals surface area contributed by atoms with E-state index in [-0.39, 0.29) is 6.04 Å². The average Bonchev–Trinajstić information content (AvgIpc) is 2.79. The maximum Gasteiger partial charge on any atom is 0.424 e. The predicted octanol–water partition coefficient (Wildman–Crippen LogP) is 3.21. The number of fused-ring (bicyclic) bond motifs is 1. The van der Waals surface area contributed by atoms with E-state index in [4.69, 9.17) is 10.6 Å². The lowest BCUT2D eigenvalue weighted by Gasteiger charge is -2.28. The quantitative estimate of drug-likeness (QED) is 0.518. The number of hydrogen-bond acceptors (Lipinski definition) is 3. The normalized spacial score (nSPS) is 13.2. The van der Waals surface area contributed by atoms with Crippen molar-refractivity contribution in [2.24, 2.45) is 5.84 Å². The second-order valence-corrected chi connectivity index (χ2v) is 6.30. The van der Waals surface area contributed by atoms with Crippen LogP contribution in [-0.2, 0) is 11.2 Å². The molecule has 1 atom stereocenters. The van der Waals surface area contributed by atoms with Gasteiger partial charge in [0.05, 0.1) is 6.04 Å². The van der Waals surface area contributed by atoms with Crippen LogP contribution in [-0.4, -0.2) is 27.7 Å². The minimum Gasteiger partial charge on any atom is -0.443 e. The number of nitrogens with zero attached hydrogens (tertiary/aromatic N) is 1. The number of aromatic amines is 1. The van der Waals surface area contributed by atoms with E-state index < -0.39 is 11.7 Å². The van der Waals surface area contributed by atoms with Crippen molar-refractivity contribution < 1.29 is 9.53 Å². The van der Waals surface area contributed by atoms with Crippen molar-refractivity contribution in [1.82, 2.24) is 9.99 Å². The summed E-state index contributed by atoms with van der Waals surface area (Å²) in [6, 6.07) is 7.92. The highest BCUT2D eigenvalue weighted by Crippen LogP contribution is 2.20. The molecule has 0 radical (unpaired) electrons. The molecule has 21 heavy (non-hydrogen) atoms. The van der Waals surface area contributed by atoms with Crippen LogP contribution in [0.5, 0.6) is 0 Å². The SMILES string of the molecule is CC(Cc1c[nH]c2ccccc12)N(N)C(=O)OC(C)(C)C. The lowest BCUT2D eigenvalue weighted by molar-refractivity contribution is 0.0174. The van der Waals surface area contributed by atoms with Crippen LogP contribution in [0.1, 0.15) is 33.3 Å². The van der Waals surface area contributed by atoms with E-state index in [1.54, 1.807) is 0 Å². The second kappa shape index (κ2) is 5.77. The van der Waals surface area contributed by atoms with Crippen LogP contribution in [0.4, 0.5) is 4.79 Å². The predicted molar refractivity (Wildman–Crippen MR) is 83.7 cm³/mol. The largest absolute Gasteiger partial charge is 0.443 e. The van der Waals surface area contributed by atoms with Crippen LogP contribution >= 0.6 is 0 Å². The van der Waals surface area contributed by atoms with E-state index in [1.165, 1.54) is 0 Å². The molecule has 5 nitrogen and oxygen atoms in total. The molecule has 0 saturated carbocycles. The molecule has 3 N–H and O–H groups in total. The number of hydrazine groups is 1. The van der Waals surface area contributed by atoms with Gasteiger partial charge in [0.1, 0.15) is 5.60 Å². The van der Waals surface area contributed by atoms with Crippen LogP contribution in [0.2, 0.25) is 0 Å². The molecule has 0 fully saturated rings. The van der Waals surface area contributed by atoms with E-state index >= 15 is 0 Å². The highest BCUT2D eigenvalue weighted by Gasteiger charge is 2.24. The Morgan fingerprint density at radius 1 is 1.38 bits per heavy atom. The first-order valence-corrected chi connectivity index (χ1v) is 7.10. The summed E-state index contributed by atoms with van der Waals surface area (Å²) in [7, 11) is 0. The summed E-state index contributed by atoms with van der Waals surface area (Å²) < 4.78 is 5.28. The van der Waals surface area contributed by atoms with Crippen molar-refractivity contribution in [3.05, 3.63) is 36.0 Å². The fraction of sp³-hybridized carbons (Fsp3) is 0.438. The summed E-state index contributed by atoms with van der Waals surface area (Å²) in [5.74, 6) is 5.88. The summed E-state index contributed by atoms with van der Waals surface area (Å²) in [6.07, 6.45) is 2.12. The van der Waals surface area contributed by atoms with E-state index in [0.29, 0.717) is 6.42 Å². The molecular formula is C16H23N3O2. The number of amides is 1. The number of H-pyrrole nitrogens is 1. The number of benzene rings is 1. The smallest absolute Gasteiger partial charge is 0.424 e. The van der Waals surface area contributed by atoms with Gasteiger partial charge in [0, 0.05) is 17.1 Å². The molecule has 0 saturated heterocycles. The molecule has 1 heterocycles. The number of para-hydroxylation sites is 1. The second-order valence-electron chi connectivity index (χ2n) is 6.30. The van der Waals surface area contributed by atoms with Crippen molar-refractivity contribution in [2.75, 3.05) is 0 Å². The van der Waals surface area contributed by atoms with Gasteiger partial charge >= 0.3 is 6.09 Å². The van der Waals surface area contributed by atoms with Gasteiger partial charge in [-0.05, 0) is 45.7 Å². The fourth-order valence-electron chi connectivity index (χ4n) is 2.21. The molecule has 1 amide bonds. The van der Waals surface area contributed by atoms with Crippen molar-refractivity contribution in [3.8, 4) is 0 Å². The highest BCUT2D eigenvalue weighted by atomic mass is 16.6. The minimum atomic E-state index is -0.546. The van der Waals surface area contributed by atoms with Crippen LogP contribution in [0.25, 0.3) is 10.9 Å². The molecule has 0 bridgehead atoms. The van der Waals surface area contributed by atoms with Crippen molar-refractivity contribution in [2.45, 2.75) is 45.8 Å². The van der Waals surface area contributed by atoms with Gasteiger partial charge in [0.2, 0.25) is 0 Å². The van der Waals surface area contributed by atoms with Gasteiger partial charge in [-0.1, -0.05) is 18.2 Å². The van der Waals surface area contributed by atoms with E-state index in [1.807, 2.05) is 52.1 Å². The Balaban J connectivity index is 2.07. The molecule has 0 aliphatic heterocycles. The van der Waals surface area contributed by atoms with Gasteiger partial charge < -0.3 is 9.72 Å². The van der Waals surface area contributed by atoms with Gasteiger partial charge in [-0.25, -0.2) is 15.6 Å². The Morgan fingerprint density at radius 2 is 2.05 bits per heavy atom. The van der Waals surface area contributed by atoms with Gasteiger partial charge in [0.15, 0.2) is 0 Å². The zero-order valence-electron chi connectivity index (χ0n) is 13.0. The first-order valence-electron chi connectivity index (χ1n) is 7.10. The van der Waals surface area contributed by atoms with Crippen molar-refractivity contribution >= 4 is 17.0 Å². The number of nitrogens with two attached hydrogens (primary N) is 1. The maximum atomic E-state index is 12.0. The Bertz CT molecular complexity index is 628. The zero-order valence-corrected chi connectivity index (χ0v) is 13.0. The van der Waals surface area contributed by atoms with Crippen molar-refractivity contribution in [1.29, 1.82) is 0 Å². The van der Waals surface area contributed by atoms with Crippen LogP contribution in [0.3, 0.4) is 0 Å². The van der Waals surface area contributed by atoms with Gasteiger partial charge in [-0.15, -0.1) is 0 Å². The van der Waals surface area contributed by atoms with Gasteiger partial charge in [-0.2, -0.15) is 0 Å². The summed E-state index contributed by atoms with van der Waals surface area (Å²) in [4.78, 5) is 15.2. The number of ether oxygens (including phenoxy) is 1. The Kier molecular flexibility index (Phi) is 4.23. The standard InChI is InChI=1S/C16H23N3O2/c1-11(19(17)15(20)21-16(2,3)4)9-12-10-18-14-8-6-5-7-13(12)14/h5-8,10-11,18H,9,17H2,1-4H3. The molecule has 0 aliphatic rings. The summed E-state index contributed by atoms with van der Waals surface area (Å²) >= 11 is 0. The van der Waals surface area contributed by atoms with Gasteiger partial charge in [-0.3, -0.25) is 0 Å². The molecule has 114 valence electrons. The number of carbonyl (C=O) groups is 1. The lowest BCUT2D eigenvalue weighted by Crippen LogP contribution is -2.47. The number of rotatable bonds is 3. The first kappa shape index (κ1) is 15.4. The molecular weight excluding hydrogens is 266 g/mol. The summed E-state index contributed by atoms with van der Waals surface area (Å²) in [5, 5.41) is 2.31. The van der Waals surface area contributed by atoms with Crippen molar-refractivity contribution in [3.63, 3.8) is 0 Å². The Labute approximate surface area is 125 Å². The topological polar surface area (TPSA) is 71.3 Å². The molecule has 2 rings (SSSR count). The van der Waals surface area contributed by atoms with Gasteiger partial charge in [0.25, 0.3) is 0 Å². The van der Waals surface area contributed by atoms with E-state index in [0.717, 1.165) is 21.5 Å². The Hall–Kier alpha value is -2.01. The molecule has 1 unspecified atom stereocenters. The van der Waals surface area contributed by atoms with Crippen LogP contribution < -0.4 is 5.84 Å². The summed E-state index contributed by atoms with van der Waals surface area (Å²) in [5.41, 5.74) is 1.67. The third-order valence-electron chi connectivity index (χ3n) is 3.27. The minimum absolute atomic E-state index is 0.154. The van der Waals surface area contributed by atoms with Crippen LogP contribution in [0, 0.1) is 0 Å². The third-order valence-corrected chi connectivity index (χ3v) is 3.27. The molecule has 1 aromatic heterocycles. The van der Waals surface area contributed by atoms with E-state index in [2.05, 4.69) is 11.1 Å². The third kappa shape index (κ3) is 3.76. The number of carbonyl (C=O) groups excluding carboxylic acids is 1. The average molecular weight is 289 g/mol. The van der Waals surface area contributed by atoms with Crippen LogP contribution in [0.15, 0.2) is 30.5 Å². The number of hydrogen-bond donors (Lipinski definition) is 2. The maximum absolute atomic E-state index is 12.0. The molecule has 2 aromatic rings. The fourth-order valence-corrected chi connectivity index (χ4v) is 2.21. The molecule has 0 spiro atoms. The zero-order chi connectivity index (χ0) is 15.6. The number of nitrogens with one attached hydrogen (secondary N) is 1. The molecule has 5 heteroatoms. The number of aromatic nitrogens is 1. The van der Waals surface area contributed by atoms with E-state index in [9.17, 15) is 4.79 Å².